The summed E-state index contributed by atoms with van der Waals surface area (Å²) >= 11 is 1.23. The molecule has 0 spiro atoms. The zero-order chi connectivity index (χ0) is 20.8. The van der Waals surface area contributed by atoms with Crippen molar-refractivity contribution in [3.05, 3.63) is 48.5 Å². The maximum Gasteiger partial charge on any atom is 0.237 e. The summed E-state index contributed by atoms with van der Waals surface area (Å²) in [6, 6.07) is 14.6. The van der Waals surface area contributed by atoms with Crippen molar-refractivity contribution in [1.29, 1.82) is 0 Å². The average molecular weight is 414 g/mol. The van der Waals surface area contributed by atoms with Crippen molar-refractivity contribution < 1.29 is 14.3 Å². The number of hydrogen-bond donors (Lipinski definition) is 2. The van der Waals surface area contributed by atoms with Crippen molar-refractivity contribution in [2.45, 2.75) is 24.3 Å². The number of amides is 1. The van der Waals surface area contributed by atoms with Gasteiger partial charge in [0, 0.05) is 11.3 Å². The molecule has 1 aromatic heterocycles. The first-order valence-electron chi connectivity index (χ1n) is 9.07. The van der Waals surface area contributed by atoms with E-state index in [1.54, 1.807) is 38.3 Å². The number of methoxy groups -OCH3 is 1. The number of carbonyl (C=O) groups excluding carboxylic acids is 1. The maximum atomic E-state index is 12.5. The molecule has 0 saturated heterocycles. The minimum absolute atomic E-state index is 0.161. The number of anilines is 1. The van der Waals surface area contributed by atoms with Crippen LogP contribution in [-0.2, 0) is 4.79 Å². The molecular formula is C20H23N5O3S. The van der Waals surface area contributed by atoms with E-state index in [0.717, 1.165) is 17.1 Å². The molecule has 0 unspecified atom stereocenters. The van der Waals surface area contributed by atoms with Crippen molar-refractivity contribution in [2.75, 3.05) is 24.9 Å². The van der Waals surface area contributed by atoms with E-state index in [1.165, 1.54) is 16.4 Å². The van der Waals surface area contributed by atoms with Crippen molar-refractivity contribution in [1.82, 2.24) is 14.9 Å². The number of benzene rings is 2. The van der Waals surface area contributed by atoms with Gasteiger partial charge in [-0.2, -0.15) is 0 Å². The monoisotopic (exact) mass is 413 g/mol. The lowest BCUT2D eigenvalue weighted by Crippen LogP contribution is -2.23. The number of nitrogens with two attached hydrogens (primary N) is 1. The molecular weight excluding hydrogens is 390 g/mol. The fraction of sp³-hybridized carbons (Fsp3) is 0.250. The molecule has 0 fully saturated rings. The molecule has 1 atom stereocenters. The van der Waals surface area contributed by atoms with Crippen LogP contribution in [0.1, 0.15) is 13.8 Å². The highest BCUT2D eigenvalue weighted by atomic mass is 32.2. The molecule has 29 heavy (non-hydrogen) atoms. The highest BCUT2D eigenvalue weighted by molar-refractivity contribution is 8.00. The van der Waals surface area contributed by atoms with Gasteiger partial charge in [0.2, 0.25) is 11.1 Å². The van der Waals surface area contributed by atoms with Gasteiger partial charge in [-0.25, -0.2) is 4.68 Å². The second kappa shape index (κ2) is 9.33. The number of nitrogen functional groups attached to an aromatic ring is 1. The Balaban J connectivity index is 1.65. The normalized spacial score (nSPS) is 11.7. The summed E-state index contributed by atoms with van der Waals surface area (Å²) in [7, 11) is 1.59. The number of nitrogens with one attached hydrogen (secondary N) is 1. The number of carbonyl (C=O) groups is 1. The minimum Gasteiger partial charge on any atom is -0.497 e. The first-order valence-corrected chi connectivity index (χ1v) is 9.95. The Bertz CT molecular complexity index is 957. The van der Waals surface area contributed by atoms with Crippen molar-refractivity contribution in [2.24, 2.45) is 0 Å². The Hall–Kier alpha value is -3.20. The van der Waals surface area contributed by atoms with E-state index in [-0.39, 0.29) is 5.91 Å². The quantitative estimate of drug-likeness (QED) is 0.432. The van der Waals surface area contributed by atoms with Gasteiger partial charge in [-0.05, 0) is 62.4 Å². The van der Waals surface area contributed by atoms with Gasteiger partial charge in [-0.3, -0.25) is 4.79 Å². The number of aromatic nitrogens is 3. The lowest BCUT2D eigenvalue weighted by atomic mass is 10.2. The summed E-state index contributed by atoms with van der Waals surface area (Å²) in [5, 5.41) is 11.2. The van der Waals surface area contributed by atoms with Gasteiger partial charge in [0.05, 0.1) is 19.0 Å². The molecule has 9 heteroatoms. The summed E-state index contributed by atoms with van der Waals surface area (Å²) in [5.41, 5.74) is 1.50. The Morgan fingerprint density at radius 2 is 1.79 bits per heavy atom. The van der Waals surface area contributed by atoms with E-state index in [1.807, 2.05) is 31.2 Å². The summed E-state index contributed by atoms with van der Waals surface area (Å²) in [6.07, 6.45) is 0. The van der Waals surface area contributed by atoms with Gasteiger partial charge in [0.15, 0.2) is 5.82 Å². The Morgan fingerprint density at radius 1 is 1.14 bits per heavy atom. The number of nitrogens with zero attached hydrogens (tertiary/aromatic N) is 3. The molecule has 2 aromatic carbocycles. The smallest absolute Gasteiger partial charge is 0.237 e. The summed E-state index contributed by atoms with van der Waals surface area (Å²) in [6.45, 7) is 4.32. The summed E-state index contributed by atoms with van der Waals surface area (Å²) < 4.78 is 11.9. The molecule has 3 rings (SSSR count). The lowest BCUT2D eigenvalue weighted by Gasteiger charge is -2.12. The van der Waals surface area contributed by atoms with Crippen LogP contribution in [0.2, 0.25) is 0 Å². The van der Waals surface area contributed by atoms with Crippen molar-refractivity contribution in [3.8, 4) is 22.9 Å². The van der Waals surface area contributed by atoms with Crippen LogP contribution in [0.4, 0.5) is 5.69 Å². The number of ether oxygens (including phenoxy) is 2. The summed E-state index contributed by atoms with van der Waals surface area (Å²) in [4.78, 5) is 12.5. The van der Waals surface area contributed by atoms with E-state index < -0.39 is 5.25 Å². The molecule has 0 aliphatic heterocycles. The molecule has 0 aliphatic carbocycles. The molecule has 8 nitrogen and oxygen atoms in total. The first kappa shape index (κ1) is 20.5. The van der Waals surface area contributed by atoms with Gasteiger partial charge in [0.25, 0.3) is 0 Å². The molecule has 0 aliphatic rings. The zero-order valence-corrected chi connectivity index (χ0v) is 17.3. The van der Waals surface area contributed by atoms with E-state index in [9.17, 15) is 4.79 Å². The molecule has 1 amide bonds. The van der Waals surface area contributed by atoms with Gasteiger partial charge in [-0.15, -0.1) is 10.2 Å². The largest absolute Gasteiger partial charge is 0.497 e. The molecule has 3 aromatic rings. The van der Waals surface area contributed by atoms with Gasteiger partial charge in [0.1, 0.15) is 11.5 Å². The van der Waals surface area contributed by atoms with E-state index in [4.69, 9.17) is 15.3 Å². The van der Waals surface area contributed by atoms with Crippen LogP contribution in [0.3, 0.4) is 0 Å². The first-order chi connectivity index (χ1) is 14.0. The second-order valence-electron chi connectivity index (χ2n) is 6.11. The lowest BCUT2D eigenvalue weighted by molar-refractivity contribution is -0.115. The fourth-order valence-electron chi connectivity index (χ4n) is 2.55. The summed E-state index contributed by atoms with van der Waals surface area (Å²) in [5.74, 6) is 8.01. The van der Waals surface area contributed by atoms with Crippen LogP contribution in [0, 0.1) is 0 Å². The van der Waals surface area contributed by atoms with Gasteiger partial charge < -0.3 is 20.6 Å². The third kappa shape index (κ3) is 5.00. The molecule has 0 bridgehead atoms. The average Bonchev–Trinajstić information content (AvgIpc) is 3.09. The van der Waals surface area contributed by atoms with Crippen LogP contribution in [0.15, 0.2) is 53.7 Å². The predicted molar refractivity (Wildman–Crippen MR) is 114 cm³/mol. The Kier molecular flexibility index (Phi) is 6.61. The SMILES string of the molecule is CCOc1ccc(-c2nnc(S[C@@H](C)C(=O)Nc3ccc(OC)cc3)n2N)cc1. The van der Waals surface area contributed by atoms with Crippen molar-refractivity contribution in [3.63, 3.8) is 0 Å². The minimum atomic E-state index is -0.420. The third-order valence-electron chi connectivity index (χ3n) is 4.10. The molecule has 0 saturated carbocycles. The van der Waals surface area contributed by atoms with Crippen LogP contribution < -0.4 is 20.6 Å². The van der Waals surface area contributed by atoms with E-state index in [2.05, 4.69) is 15.5 Å². The molecule has 1 heterocycles. The zero-order valence-electron chi connectivity index (χ0n) is 16.5. The topological polar surface area (TPSA) is 104 Å². The second-order valence-corrected chi connectivity index (χ2v) is 7.42. The highest BCUT2D eigenvalue weighted by Crippen LogP contribution is 2.26. The third-order valence-corrected chi connectivity index (χ3v) is 5.15. The Morgan fingerprint density at radius 3 is 2.41 bits per heavy atom. The highest BCUT2D eigenvalue weighted by Gasteiger charge is 2.20. The molecule has 152 valence electrons. The van der Waals surface area contributed by atoms with Crippen LogP contribution in [0.25, 0.3) is 11.4 Å². The predicted octanol–water partition coefficient (Wildman–Crippen LogP) is 3.19. The molecule has 3 N–H and O–H groups in total. The van der Waals surface area contributed by atoms with Crippen LogP contribution >= 0.6 is 11.8 Å². The van der Waals surface area contributed by atoms with E-state index >= 15 is 0 Å². The van der Waals surface area contributed by atoms with Gasteiger partial charge in [-0.1, -0.05) is 11.8 Å². The van der Waals surface area contributed by atoms with E-state index in [0.29, 0.717) is 23.3 Å². The standard InChI is InChI=1S/C20H23N5O3S/c1-4-28-17-9-5-14(6-10-17)18-23-24-20(25(18)21)29-13(2)19(26)22-15-7-11-16(27-3)12-8-15/h5-13H,4,21H2,1-3H3,(H,22,26)/t13-/m0/s1. The number of thioether (sulfide) groups is 1. The fourth-order valence-corrected chi connectivity index (χ4v) is 3.32. The number of rotatable bonds is 8. The van der Waals surface area contributed by atoms with Crippen molar-refractivity contribution >= 4 is 23.4 Å². The maximum absolute atomic E-state index is 12.5. The van der Waals surface area contributed by atoms with Crippen LogP contribution in [-0.4, -0.2) is 39.7 Å². The number of hydrogen-bond acceptors (Lipinski definition) is 7. The van der Waals surface area contributed by atoms with Gasteiger partial charge >= 0.3 is 0 Å². The Labute approximate surface area is 173 Å². The van der Waals surface area contributed by atoms with Crippen LogP contribution in [0.5, 0.6) is 11.5 Å². The molecule has 0 radical (unpaired) electrons.